The van der Waals surface area contributed by atoms with Gasteiger partial charge in [-0.3, -0.25) is 4.79 Å². The number of nitrogens with zero attached hydrogens (tertiary/aromatic N) is 1. The van der Waals surface area contributed by atoms with Crippen molar-refractivity contribution in [1.29, 1.82) is 0 Å². The minimum Gasteiger partial charge on any atom is -0.293 e. The Balaban J connectivity index is 1.91. The summed E-state index contributed by atoms with van der Waals surface area (Å²) < 4.78 is 3.94. The summed E-state index contributed by atoms with van der Waals surface area (Å²) in [6.45, 7) is 0. The Morgan fingerprint density at radius 3 is 2.92 bits per heavy atom. The van der Waals surface area contributed by atoms with Crippen molar-refractivity contribution in [1.82, 2.24) is 4.37 Å². The van der Waals surface area contributed by atoms with Crippen LogP contribution >= 0.6 is 11.5 Å². The third kappa shape index (κ3) is 2.15. The minimum absolute atomic E-state index is 0.286. The van der Waals surface area contributed by atoms with Crippen molar-refractivity contribution in [3.05, 3.63) is 17.1 Å². The van der Waals surface area contributed by atoms with Crippen LogP contribution in [0.4, 0.5) is 0 Å². The van der Waals surface area contributed by atoms with Crippen LogP contribution in [-0.4, -0.2) is 10.2 Å². The van der Waals surface area contributed by atoms with E-state index in [9.17, 15) is 4.79 Å². The summed E-state index contributed by atoms with van der Waals surface area (Å²) in [5, 5.41) is 0. The van der Waals surface area contributed by atoms with Crippen molar-refractivity contribution >= 4 is 17.3 Å². The molecule has 0 amide bonds. The number of carbonyl (C=O) groups is 1. The second kappa shape index (κ2) is 4.01. The molecule has 0 unspecified atom stereocenters. The topological polar surface area (TPSA) is 30.0 Å². The predicted octanol–water partition coefficient (Wildman–Crippen LogP) is 2.91. The van der Waals surface area contributed by atoms with E-state index in [1.54, 1.807) is 6.20 Å². The third-order valence-electron chi connectivity index (χ3n) is 2.66. The van der Waals surface area contributed by atoms with E-state index in [0.717, 1.165) is 11.3 Å². The van der Waals surface area contributed by atoms with Gasteiger partial charge in [0.2, 0.25) is 0 Å². The van der Waals surface area contributed by atoms with Crippen molar-refractivity contribution in [2.24, 2.45) is 5.92 Å². The smallest absolute Gasteiger partial charge is 0.174 e. The molecule has 1 aliphatic rings. The van der Waals surface area contributed by atoms with Crippen LogP contribution in [0.25, 0.3) is 0 Å². The number of carbonyl (C=O) groups excluding carboxylic acids is 1. The van der Waals surface area contributed by atoms with Crippen LogP contribution in [0, 0.1) is 5.92 Å². The normalized spacial score (nSPS) is 17.8. The summed E-state index contributed by atoms with van der Waals surface area (Å²) in [6.07, 6.45) is 7.53. The number of hydrogen-bond donors (Lipinski definition) is 0. The molecule has 1 saturated carbocycles. The van der Waals surface area contributed by atoms with E-state index < -0.39 is 0 Å². The van der Waals surface area contributed by atoms with Gasteiger partial charge in [-0.25, -0.2) is 4.37 Å². The monoisotopic (exact) mass is 195 g/mol. The zero-order chi connectivity index (χ0) is 9.10. The Morgan fingerprint density at radius 1 is 1.54 bits per heavy atom. The van der Waals surface area contributed by atoms with Crippen LogP contribution in [0.2, 0.25) is 0 Å². The molecule has 13 heavy (non-hydrogen) atoms. The SMILES string of the molecule is O=C(CC1CCCC1)c1ccns1. The Hall–Kier alpha value is -0.700. The Morgan fingerprint density at radius 2 is 2.31 bits per heavy atom. The molecule has 1 fully saturated rings. The van der Waals surface area contributed by atoms with Crippen molar-refractivity contribution in [3.63, 3.8) is 0 Å². The summed E-state index contributed by atoms with van der Waals surface area (Å²) in [7, 11) is 0. The molecule has 2 rings (SSSR count). The lowest BCUT2D eigenvalue weighted by molar-refractivity contribution is 0.0966. The van der Waals surface area contributed by atoms with Gasteiger partial charge in [-0.1, -0.05) is 25.7 Å². The van der Waals surface area contributed by atoms with Crippen LogP contribution in [0.1, 0.15) is 41.8 Å². The van der Waals surface area contributed by atoms with Crippen molar-refractivity contribution in [2.75, 3.05) is 0 Å². The van der Waals surface area contributed by atoms with E-state index in [1.807, 2.05) is 6.07 Å². The maximum atomic E-state index is 11.6. The van der Waals surface area contributed by atoms with Gasteiger partial charge in [0.15, 0.2) is 5.78 Å². The first-order valence-corrected chi connectivity index (χ1v) is 5.57. The zero-order valence-corrected chi connectivity index (χ0v) is 8.35. The van der Waals surface area contributed by atoms with Crippen LogP contribution in [0.3, 0.4) is 0 Å². The summed E-state index contributed by atoms with van der Waals surface area (Å²) in [6, 6.07) is 1.82. The molecule has 0 radical (unpaired) electrons. The van der Waals surface area contributed by atoms with E-state index in [1.165, 1.54) is 37.2 Å². The highest BCUT2D eigenvalue weighted by molar-refractivity contribution is 7.08. The fraction of sp³-hybridized carbons (Fsp3) is 0.600. The van der Waals surface area contributed by atoms with E-state index in [2.05, 4.69) is 4.37 Å². The molecule has 0 saturated heterocycles. The molecule has 0 aromatic carbocycles. The first-order chi connectivity index (χ1) is 6.36. The van der Waals surface area contributed by atoms with E-state index in [0.29, 0.717) is 5.92 Å². The average molecular weight is 195 g/mol. The molecule has 3 heteroatoms. The Labute approximate surface area is 82.1 Å². The van der Waals surface area contributed by atoms with Gasteiger partial charge in [-0.15, -0.1) is 0 Å². The van der Waals surface area contributed by atoms with Crippen molar-refractivity contribution in [3.8, 4) is 0 Å². The first kappa shape index (κ1) is 8.88. The summed E-state index contributed by atoms with van der Waals surface area (Å²) in [5.41, 5.74) is 0. The molecule has 0 aliphatic heterocycles. The van der Waals surface area contributed by atoms with E-state index >= 15 is 0 Å². The van der Waals surface area contributed by atoms with Gasteiger partial charge in [0.1, 0.15) is 0 Å². The molecular formula is C10H13NOS. The highest BCUT2D eigenvalue weighted by atomic mass is 32.1. The largest absolute Gasteiger partial charge is 0.293 e. The molecule has 0 N–H and O–H groups in total. The standard InChI is InChI=1S/C10H13NOS/c12-9(10-5-6-11-13-10)7-8-3-1-2-4-8/h5-6,8H,1-4,7H2. The maximum absolute atomic E-state index is 11.6. The fourth-order valence-corrected chi connectivity index (χ4v) is 2.48. The van der Waals surface area contributed by atoms with Crippen LogP contribution < -0.4 is 0 Å². The molecule has 1 aromatic rings. The highest BCUT2D eigenvalue weighted by Gasteiger charge is 2.19. The second-order valence-corrected chi connectivity index (χ2v) is 4.49. The minimum atomic E-state index is 0.286. The molecule has 1 aromatic heterocycles. The third-order valence-corrected chi connectivity index (χ3v) is 3.45. The molecule has 0 bridgehead atoms. The number of rotatable bonds is 3. The van der Waals surface area contributed by atoms with Crippen LogP contribution in [-0.2, 0) is 0 Å². The summed E-state index contributed by atoms with van der Waals surface area (Å²) >= 11 is 1.31. The van der Waals surface area contributed by atoms with Gasteiger partial charge in [-0.2, -0.15) is 0 Å². The predicted molar refractivity (Wildman–Crippen MR) is 53.0 cm³/mol. The second-order valence-electron chi connectivity index (χ2n) is 3.65. The quantitative estimate of drug-likeness (QED) is 0.694. The number of hydrogen-bond acceptors (Lipinski definition) is 3. The Bertz CT molecular complexity index is 275. The van der Waals surface area contributed by atoms with Gasteiger partial charge in [0.25, 0.3) is 0 Å². The number of aromatic nitrogens is 1. The fourth-order valence-electron chi connectivity index (χ4n) is 1.94. The first-order valence-electron chi connectivity index (χ1n) is 4.80. The molecule has 1 heterocycles. The highest BCUT2D eigenvalue weighted by Crippen LogP contribution is 2.28. The summed E-state index contributed by atoms with van der Waals surface area (Å²) in [5.74, 6) is 0.934. The Kier molecular flexibility index (Phi) is 2.74. The summed E-state index contributed by atoms with van der Waals surface area (Å²) in [4.78, 5) is 12.5. The van der Waals surface area contributed by atoms with Gasteiger partial charge in [0, 0.05) is 12.6 Å². The molecule has 2 nitrogen and oxygen atoms in total. The van der Waals surface area contributed by atoms with E-state index in [-0.39, 0.29) is 5.78 Å². The molecule has 1 aliphatic carbocycles. The van der Waals surface area contributed by atoms with Crippen LogP contribution in [0.5, 0.6) is 0 Å². The number of Topliss-reactive ketones (excluding diaryl/α,β-unsaturated/α-hetero) is 1. The van der Waals surface area contributed by atoms with Gasteiger partial charge in [-0.05, 0) is 23.5 Å². The van der Waals surface area contributed by atoms with Crippen LogP contribution in [0.15, 0.2) is 12.3 Å². The molecular weight excluding hydrogens is 182 g/mol. The average Bonchev–Trinajstić information content (AvgIpc) is 2.74. The maximum Gasteiger partial charge on any atom is 0.174 e. The molecule has 0 atom stereocenters. The molecule has 70 valence electrons. The lowest BCUT2D eigenvalue weighted by Gasteiger charge is -2.04. The van der Waals surface area contributed by atoms with Crippen molar-refractivity contribution in [2.45, 2.75) is 32.1 Å². The molecule has 0 spiro atoms. The van der Waals surface area contributed by atoms with Gasteiger partial charge < -0.3 is 0 Å². The van der Waals surface area contributed by atoms with Gasteiger partial charge >= 0.3 is 0 Å². The van der Waals surface area contributed by atoms with Gasteiger partial charge in [0.05, 0.1) is 4.88 Å². The number of ketones is 1. The van der Waals surface area contributed by atoms with Crippen molar-refractivity contribution < 1.29 is 4.79 Å². The van der Waals surface area contributed by atoms with E-state index in [4.69, 9.17) is 0 Å². The zero-order valence-electron chi connectivity index (χ0n) is 7.53. The lowest BCUT2D eigenvalue weighted by Crippen LogP contribution is -2.03. The lowest BCUT2D eigenvalue weighted by atomic mass is 10.0.